The van der Waals surface area contributed by atoms with Crippen molar-refractivity contribution in [1.29, 1.82) is 0 Å². The molecule has 0 atom stereocenters. The zero-order valence-corrected chi connectivity index (χ0v) is 13.1. The number of aryl methyl sites for hydroxylation is 2. The second kappa shape index (κ2) is 6.48. The molecule has 0 aromatic carbocycles. The van der Waals surface area contributed by atoms with Crippen molar-refractivity contribution in [2.24, 2.45) is 0 Å². The summed E-state index contributed by atoms with van der Waals surface area (Å²) in [7, 11) is 0. The van der Waals surface area contributed by atoms with Gasteiger partial charge in [-0.2, -0.15) is 0 Å². The van der Waals surface area contributed by atoms with Crippen LogP contribution in [0.2, 0.25) is 0 Å². The van der Waals surface area contributed by atoms with Gasteiger partial charge in [0.25, 0.3) is 0 Å². The van der Waals surface area contributed by atoms with Gasteiger partial charge in [0.2, 0.25) is 0 Å². The predicted molar refractivity (Wildman–Crippen MR) is 59.9 cm³/mol. The van der Waals surface area contributed by atoms with Crippen LogP contribution in [0.15, 0.2) is 34.1 Å². The van der Waals surface area contributed by atoms with Crippen LogP contribution in [0.4, 0.5) is 0 Å². The van der Waals surface area contributed by atoms with Crippen molar-refractivity contribution >= 4 is 58.6 Å². The zero-order chi connectivity index (χ0) is 8.23. The van der Waals surface area contributed by atoms with Crippen LogP contribution in [-0.4, -0.2) is 58.6 Å². The number of hydrogen-bond donors (Lipinski definition) is 0. The first-order chi connectivity index (χ1) is 5.95. The maximum absolute atomic E-state index is 2.30. The van der Waals surface area contributed by atoms with Gasteiger partial charge in [-0.1, -0.05) is 0 Å². The fourth-order valence-electron chi connectivity index (χ4n) is 1.16. The Hall–Kier alpha value is 0.999. The summed E-state index contributed by atoms with van der Waals surface area (Å²) in [6.07, 6.45) is 2.59. The molecule has 0 nitrogen and oxygen atoms in total. The molecule has 2 aromatic rings. The fourth-order valence-corrected chi connectivity index (χ4v) is 4.13. The van der Waals surface area contributed by atoms with E-state index in [1.165, 1.54) is 12.8 Å². The molecule has 0 amide bonds. The van der Waals surface area contributed by atoms with Gasteiger partial charge in [-0.05, 0) is 0 Å². The van der Waals surface area contributed by atoms with Crippen LogP contribution < -0.4 is 0 Å². The van der Waals surface area contributed by atoms with Crippen molar-refractivity contribution in [2.75, 3.05) is 0 Å². The van der Waals surface area contributed by atoms with Gasteiger partial charge in [0.15, 0.2) is 0 Å². The van der Waals surface area contributed by atoms with Crippen molar-refractivity contribution in [3.8, 4) is 0 Å². The van der Waals surface area contributed by atoms with Crippen LogP contribution in [0.5, 0.6) is 0 Å². The van der Waals surface area contributed by atoms with Crippen LogP contribution in [0.1, 0.15) is 8.87 Å². The molecule has 0 aliphatic carbocycles. The van der Waals surface area contributed by atoms with Crippen molar-refractivity contribution in [3.05, 3.63) is 43.0 Å². The molecule has 0 aliphatic heterocycles. The first-order valence-corrected chi connectivity index (χ1v) is 7.69. The molecule has 0 saturated heterocycles. The molecule has 63 valence electrons. The quantitative estimate of drug-likeness (QED) is 0.748. The Labute approximate surface area is 113 Å². The van der Waals surface area contributed by atoms with E-state index >= 15 is 0 Å². The van der Waals surface area contributed by atoms with Crippen molar-refractivity contribution in [1.82, 2.24) is 0 Å². The van der Waals surface area contributed by atoms with Gasteiger partial charge in [0, 0.05) is 29.6 Å². The summed E-state index contributed by atoms with van der Waals surface area (Å²) in [4.78, 5) is 4.60. The normalized spacial score (nSPS) is 9.54. The monoisotopic (exact) mass is 313 g/mol. The van der Waals surface area contributed by atoms with Crippen molar-refractivity contribution in [2.45, 2.75) is 12.8 Å². The van der Waals surface area contributed by atoms with E-state index in [1.54, 1.807) is 8.87 Å². The molecule has 0 spiro atoms. The van der Waals surface area contributed by atoms with E-state index in [4.69, 9.17) is 0 Å². The summed E-state index contributed by atoms with van der Waals surface area (Å²) in [5, 5.41) is 0. The van der Waals surface area contributed by atoms with Gasteiger partial charge in [-0.3, -0.25) is 0 Å². The molecule has 0 aliphatic rings. The molecule has 3 heteroatoms. The van der Waals surface area contributed by atoms with Gasteiger partial charge in [0.1, 0.15) is 0 Å². The molecule has 0 N–H and O–H groups in total. The molecular weight excluding hydrogens is 301 g/mol. The van der Waals surface area contributed by atoms with Crippen molar-refractivity contribution < 1.29 is 0 Å². The molecule has 0 saturated carbocycles. The first-order valence-electron chi connectivity index (χ1n) is 4.00. The van der Waals surface area contributed by atoms with Crippen LogP contribution in [0.25, 0.3) is 0 Å². The minimum atomic E-state index is 0. The van der Waals surface area contributed by atoms with E-state index in [9.17, 15) is 0 Å². The van der Waals surface area contributed by atoms with Crippen LogP contribution in [0.3, 0.4) is 0 Å². The molecule has 2 heterocycles. The Kier molecular flexibility index (Phi) is 6.01. The standard InChI is InChI=1S/C10H10Se2.Na/c1-3-9(11-7-1)5-6-10-4-2-8-12-10;/h1-4,7-8H,5-6H2;. The Bertz CT molecular complexity index is 276. The second-order valence-corrected chi connectivity index (χ2v) is 6.99. The topological polar surface area (TPSA) is 0 Å². The van der Waals surface area contributed by atoms with Crippen LogP contribution >= 0.6 is 0 Å². The molecule has 2 aromatic heterocycles. The Balaban J connectivity index is 0.000000845. The average Bonchev–Trinajstić information content (AvgIpc) is 2.74. The summed E-state index contributed by atoms with van der Waals surface area (Å²) < 4.78 is 3.32. The zero-order valence-electron chi connectivity index (χ0n) is 7.69. The Morgan fingerprint density at radius 3 is 1.62 bits per heavy atom. The maximum atomic E-state index is 2.30. The summed E-state index contributed by atoms with van der Waals surface area (Å²) in [6, 6.07) is 8.97. The summed E-state index contributed by atoms with van der Waals surface area (Å²) in [5.74, 6) is 0. The summed E-state index contributed by atoms with van der Waals surface area (Å²) in [5.41, 5.74) is 0. The van der Waals surface area contributed by atoms with E-state index in [0.717, 1.165) is 0 Å². The predicted octanol–water partition coefficient (Wildman–Crippen LogP) is 1.20. The molecule has 1 radical (unpaired) electrons. The first kappa shape index (κ1) is 12.1. The van der Waals surface area contributed by atoms with Gasteiger partial charge < -0.3 is 0 Å². The molecule has 2 rings (SSSR count). The molecule has 0 fully saturated rings. The van der Waals surface area contributed by atoms with E-state index in [0.29, 0.717) is 29.0 Å². The van der Waals surface area contributed by atoms with Crippen LogP contribution in [0, 0.1) is 0 Å². The van der Waals surface area contributed by atoms with E-state index in [-0.39, 0.29) is 29.6 Å². The molecule has 0 unspecified atom stereocenters. The van der Waals surface area contributed by atoms with Crippen LogP contribution in [-0.2, 0) is 12.8 Å². The van der Waals surface area contributed by atoms with Gasteiger partial charge in [-0.25, -0.2) is 0 Å². The second-order valence-electron chi connectivity index (χ2n) is 2.66. The molecule has 0 bridgehead atoms. The molecular formula is C10H10NaSe2. The van der Waals surface area contributed by atoms with E-state index in [2.05, 4.69) is 34.1 Å². The number of hydrogen-bond acceptors (Lipinski definition) is 0. The average molecular weight is 311 g/mol. The Morgan fingerprint density at radius 2 is 1.31 bits per heavy atom. The number of rotatable bonds is 3. The molecule has 13 heavy (non-hydrogen) atoms. The summed E-state index contributed by atoms with van der Waals surface area (Å²) >= 11 is 1.36. The van der Waals surface area contributed by atoms with Gasteiger partial charge in [-0.15, -0.1) is 0 Å². The van der Waals surface area contributed by atoms with E-state index in [1.807, 2.05) is 0 Å². The third kappa shape index (κ3) is 3.93. The van der Waals surface area contributed by atoms with Gasteiger partial charge in [0.05, 0.1) is 0 Å². The third-order valence-corrected chi connectivity index (χ3v) is 5.71. The SMILES string of the molecule is [Na].c1c[se]c(CCc2ccc[se]2)c1. The summed E-state index contributed by atoms with van der Waals surface area (Å²) in [6.45, 7) is 0. The van der Waals surface area contributed by atoms with E-state index < -0.39 is 0 Å². The fraction of sp³-hybridized carbons (Fsp3) is 0.200. The Morgan fingerprint density at radius 1 is 0.846 bits per heavy atom. The third-order valence-electron chi connectivity index (χ3n) is 1.78. The van der Waals surface area contributed by atoms with Gasteiger partial charge >= 0.3 is 84.9 Å². The van der Waals surface area contributed by atoms with Crippen molar-refractivity contribution in [3.63, 3.8) is 0 Å². The minimum absolute atomic E-state index is 0.